The summed E-state index contributed by atoms with van der Waals surface area (Å²) < 4.78 is 15.6. The van der Waals surface area contributed by atoms with E-state index in [9.17, 15) is 9.59 Å². The van der Waals surface area contributed by atoms with Crippen molar-refractivity contribution in [3.8, 4) is 11.5 Å². The third-order valence-electron chi connectivity index (χ3n) is 5.51. The number of nitrogens with one attached hydrogen (secondary N) is 1. The van der Waals surface area contributed by atoms with E-state index in [-0.39, 0.29) is 13.2 Å². The van der Waals surface area contributed by atoms with E-state index in [4.69, 9.17) is 19.9 Å². The minimum Gasteiger partial charge on any atom is -0.497 e. The van der Waals surface area contributed by atoms with Gasteiger partial charge in [0.25, 0.3) is 5.91 Å². The van der Waals surface area contributed by atoms with Crippen LogP contribution in [0.25, 0.3) is 10.2 Å². The fourth-order valence-electron chi connectivity index (χ4n) is 3.86. The zero-order valence-electron chi connectivity index (χ0n) is 18.6. The summed E-state index contributed by atoms with van der Waals surface area (Å²) in [5.41, 5.74) is 7.80. The van der Waals surface area contributed by atoms with E-state index in [0.717, 1.165) is 29.5 Å². The molecule has 0 atom stereocenters. The van der Waals surface area contributed by atoms with E-state index in [1.807, 2.05) is 0 Å². The van der Waals surface area contributed by atoms with Crippen LogP contribution in [0.1, 0.15) is 45.9 Å². The molecule has 174 valence electrons. The highest BCUT2D eigenvalue weighted by atomic mass is 32.1. The number of amides is 1. The smallest absolute Gasteiger partial charge is 0.325 e. The number of benzene rings is 1. The van der Waals surface area contributed by atoms with Gasteiger partial charge in [-0.15, -0.1) is 11.3 Å². The van der Waals surface area contributed by atoms with Crippen molar-refractivity contribution in [1.29, 1.82) is 0 Å². The predicted molar refractivity (Wildman–Crippen MR) is 125 cm³/mol. The summed E-state index contributed by atoms with van der Waals surface area (Å²) >= 11 is 1.64. The first kappa shape index (κ1) is 22.8. The fourth-order valence-corrected chi connectivity index (χ4v) is 5.15. The molecule has 9 nitrogen and oxygen atoms in total. The van der Waals surface area contributed by atoms with Gasteiger partial charge in [-0.05, 0) is 43.4 Å². The minimum atomic E-state index is -0.609. The van der Waals surface area contributed by atoms with E-state index >= 15 is 0 Å². The number of nitrogens with two attached hydrogens (primary N) is 1. The first-order chi connectivity index (χ1) is 16.0. The third-order valence-corrected chi connectivity index (χ3v) is 6.69. The van der Waals surface area contributed by atoms with Gasteiger partial charge in [0.15, 0.2) is 12.4 Å². The molecule has 0 unspecified atom stereocenters. The molecule has 0 fully saturated rings. The molecule has 3 aromatic rings. The number of hydrogen-bond donors (Lipinski definition) is 2. The molecule has 2 aromatic heterocycles. The van der Waals surface area contributed by atoms with E-state index in [2.05, 4.69) is 15.3 Å². The van der Waals surface area contributed by atoms with Crippen LogP contribution in [0.2, 0.25) is 0 Å². The molecular weight excluding hydrogens is 444 g/mol. The van der Waals surface area contributed by atoms with Crippen molar-refractivity contribution in [2.45, 2.75) is 38.7 Å². The van der Waals surface area contributed by atoms with Crippen LogP contribution in [0.5, 0.6) is 11.5 Å². The van der Waals surface area contributed by atoms with Crippen molar-refractivity contribution >= 4 is 39.2 Å². The third kappa shape index (κ3) is 5.16. The Kier molecular flexibility index (Phi) is 6.93. The molecule has 4 rings (SSSR count). The molecule has 33 heavy (non-hydrogen) atoms. The Labute approximate surface area is 195 Å². The number of aromatic nitrogens is 2. The average Bonchev–Trinajstić information content (AvgIpc) is 3.02. The molecule has 2 heterocycles. The highest BCUT2D eigenvalue weighted by Crippen LogP contribution is 2.37. The number of esters is 1. The van der Waals surface area contributed by atoms with Gasteiger partial charge in [-0.25, -0.2) is 9.97 Å². The molecule has 3 N–H and O–H groups in total. The van der Waals surface area contributed by atoms with Crippen molar-refractivity contribution in [2.75, 3.05) is 26.5 Å². The molecule has 1 aliphatic rings. The summed E-state index contributed by atoms with van der Waals surface area (Å²) in [5, 5.41) is 3.47. The van der Waals surface area contributed by atoms with Gasteiger partial charge < -0.3 is 25.3 Å². The summed E-state index contributed by atoms with van der Waals surface area (Å²) in [6, 6.07) is 4.76. The van der Waals surface area contributed by atoms with Gasteiger partial charge in [-0.2, -0.15) is 0 Å². The number of fused-ring (bicyclic) bond motifs is 3. The van der Waals surface area contributed by atoms with Crippen molar-refractivity contribution < 1.29 is 23.8 Å². The van der Waals surface area contributed by atoms with Gasteiger partial charge in [0, 0.05) is 16.5 Å². The first-order valence-corrected chi connectivity index (χ1v) is 11.5. The lowest BCUT2D eigenvalue weighted by Crippen LogP contribution is -2.30. The highest BCUT2D eigenvalue weighted by Gasteiger charge is 2.20. The molecule has 0 radical (unpaired) electrons. The maximum Gasteiger partial charge on any atom is 0.325 e. The van der Waals surface area contributed by atoms with Crippen LogP contribution in [0, 0.1) is 0 Å². The normalized spacial score (nSPS) is 13.2. The number of anilines is 1. The second-order valence-electron chi connectivity index (χ2n) is 7.71. The highest BCUT2D eigenvalue weighted by molar-refractivity contribution is 7.19. The summed E-state index contributed by atoms with van der Waals surface area (Å²) in [7, 11) is 2.99. The lowest BCUT2D eigenvalue weighted by Gasteiger charge is -2.09. The van der Waals surface area contributed by atoms with Crippen molar-refractivity contribution in [2.24, 2.45) is 0 Å². The fraction of sp³-hybridized carbons (Fsp3) is 0.391. The van der Waals surface area contributed by atoms with Gasteiger partial charge >= 0.3 is 5.97 Å². The molecule has 1 amide bonds. The number of thiophene rings is 1. The second-order valence-corrected chi connectivity index (χ2v) is 8.80. The number of methoxy groups -OCH3 is 2. The number of carbonyl (C=O) groups is 2. The predicted octanol–water partition coefficient (Wildman–Crippen LogP) is 3.03. The van der Waals surface area contributed by atoms with Crippen molar-refractivity contribution in [3.05, 3.63) is 40.0 Å². The molecule has 0 saturated carbocycles. The average molecular weight is 471 g/mol. The molecular formula is C23H26N4O5S. The number of nitrogen functional groups attached to an aromatic ring is 1. The largest absolute Gasteiger partial charge is 0.497 e. The Hall–Kier alpha value is -3.40. The zero-order chi connectivity index (χ0) is 23.4. The number of ether oxygens (including phenoxy) is 3. The minimum absolute atomic E-state index is 0.121. The van der Waals surface area contributed by atoms with Gasteiger partial charge in [0.2, 0.25) is 0 Å². The number of nitrogens with zero attached hydrogens (tertiary/aromatic N) is 2. The Morgan fingerprint density at radius 3 is 2.52 bits per heavy atom. The van der Waals surface area contributed by atoms with Gasteiger partial charge in [-0.3, -0.25) is 9.59 Å². The van der Waals surface area contributed by atoms with Crippen LogP contribution in [0.15, 0.2) is 18.2 Å². The summed E-state index contributed by atoms with van der Waals surface area (Å²) in [5.74, 6) is 0.643. The van der Waals surface area contributed by atoms with E-state index in [1.165, 1.54) is 37.5 Å². The standard InChI is InChI=1S/C23H26N4O5S/c1-30-14-8-13(9-15(10-14)31-2)22(29)25-11-19(28)32-12-18-26-21(24)20-16-6-4-3-5-7-17(16)33-23(20)27-18/h8-10H,3-7,11-12H2,1-2H3,(H,25,29)(H2,24,26,27). The van der Waals surface area contributed by atoms with E-state index in [1.54, 1.807) is 29.5 Å². The maximum atomic E-state index is 12.4. The lowest BCUT2D eigenvalue weighted by atomic mass is 10.1. The van der Waals surface area contributed by atoms with Crippen LogP contribution in [-0.2, 0) is 29.0 Å². The molecule has 0 saturated heterocycles. The van der Waals surface area contributed by atoms with Crippen LogP contribution in [0.4, 0.5) is 5.82 Å². The quantitative estimate of drug-likeness (QED) is 0.399. The maximum absolute atomic E-state index is 12.4. The van der Waals surface area contributed by atoms with E-state index in [0.29, 0.717) is 28.7 Å². The van der Waals surface area contributed by atoms with Crippen molar-refractivity contribution in [1.82, 2.24) is 15.3 Å². The van der Waals surface area contributed by atoms with Crippen LogP contribution >= 0.6 is 11.3 Å². The molecule has 0 bridgehead atoms. The number of hydrogen-bond acceptors (Lipinski definition) is 9. The summed E-state index contributed by atoms with van der Waals surface area (Å²) in [6.45, 7) is -0.423. The Balaban J connectivity index is 1.36. The van der Waals surface area contributed by atoms with E-state index < -0.39 is 11.9 Å². The van der Waals surface area contributed by atoms with Crippen LogP contribution in [-0.4, -0.2) is 42.6 Å². The number of aryl methyl sites for hydroxylation is 2. The summed E-state index contributed by atoms with van der Waals surface area (Å²) in [6.07, 6.45) is 5.58. The molecule has 0 spiro atoms. The lowest BCUT2D eigenvalue weighted by molar-refractivity contribution is -0.143. The Morgan fingerprint density at radius 2 is 1.79 bits per heavy atom. The number of rotatable bonds is 7. The molecule has 1 aromatic carbocycles. The monoisotopic (exact) mass is 470 g/mol. The SMILES string of the molecule is COc1cc(OC)cc(C(=O)NCC(=O)OCc2nc(N)c3c4c(sc3n2)CCCCC4)c1. The van der Waals surface area contributed by atoms with Crippen LogP contribution in [0.3, 0.4) is 0 Å². The Bertz CT molecular complexity index is 1170. The van der Waals surface area contributed by atoms with Gasteiger partial charge in [-0.1, -0.05) is 6.42 Å². The molecule has 1 aliphatic carbocycles. The number of carbonyl (C=O) groups excluding carboxylic acids is 2. The van der Waals surface area contributed by atoms with Gasteiger partial charge in [0.05, 0.1) is 19.6 Å². The Morgan fingerprint density at radius 1 is 1.06 bits per heavy atom. The first-order valence-electron chi connectivity index (χ1n) is 10.7. The molecule has 10 heteroatoms. The zero-order valence-corrected chi connectivity index (χ0v) is 19.4. The molecule has 0 aliphatic heterocycles. The topological polar surface area (TPSA) is 126 Å². The van der Waals surface area contributed by atoms with Gasteiger partial charge in [0.1, 0.15) is 28.7 Å². The van der Waals surface area contributed by atoms with Crippen LogP contribution < -0.4 is 20.5 Å². The second kappa shape index (κ2) is 10.0. The summed E-state index contributed by atoms with van der Waals surface area (Å²) in [4.78, 5) is 35.6. The van der Waals surface area contributed by atoms with Crippen molar-refractivity contribution in [3.63, 3.8) is 0 Å².